The van der Waals surface area contributed by atoms with Crippen LogP contribution in [0.15, 0.2) is 66.0 Å². The van der Waals surface area contributed by atoms with Gasteiger partial charge in [0.1, 0.15) is 5.75 Å². The average Bonchev–Trinajstić information content (AvgIpc) is 3.35. The summed E-state index contributed by atoms with van der Waals surface area (Å²) in [5.41, 5.74) is 8.07. The average molecular weight is 449 g/mol. The number of ether oxygens (including phenoxy) is 1. The Balaban J connectivity index is 1.49. The molecule has 1 aliphatic rings. The van der Waals surface area contributed by atoms with E-state index in [1.807, 2.05) is 37.3 Å². The van der Waals surface area contributed by atoms with E-state index in [0.717, 1.165) is 11.1 Å². The maximum Gasteiger partial charge on any atom is 0.257 e. The molecule has 0 saturated carbocycles. The molecular weight excluding hydrogens is 420 g/mol. The van der Waals surface area contributed by atoms with Crippen LogP contribution in [-0.4, -0.2) is 36.4 Å². The number of nitrogens with zero attached hydrogens (tertiary/aromatic N) is 1. The first-order valence-electron chi connectivity index (χ1n) is 11.0. The smallest absolute Gasteiger partial charge is 0.257 e. The molecule has 2 aromatic carbocycles. The Morgan fingerprint density at radius 3 is 2.53 bits per heavy atom. The van der Waals surface area contributed by atoms with Crippen molar-refractivity contribution >= 4 is 23.2 Å². The van der Waals surface area contributed by atoms with Crippen LogP contribution in [0.1, 0.15) is 35.7 Å². The molecule has 1 saturated heterocycles. The van der Waals surface area contributed by atoms with Crippen molar-refractivity contribution in [2.24, 2.45) is 11.1 Å². The molecule has 3 aromatic rings. The minimum atomic E-state index is -0.649. The molecule has 1 aliphatic heterocycles. The molecule has 0 aliphatic carbocycles. The Labute approximate surface area is 192 Å². The van der Waals surface area contributed by atoms with Gasteiger partial charge in [-0.15, -0.1) is 11.3 Å². The van der Waals surface area contributed by atoms with Gasteiger partial charge in [0.15, 0.2) is 0 Å². The number of primary amides is 1. The Morgan fingerprint density at radius 1 is 1.06 bits per heavy atom. The summed E-state index contributed by atoms with van der Waals surface area (Å²) in [5, 5.41) is 2.06. The number of amides is 2. The number of carbonyl (C=O) groups excluding carboxylic acids is 2. The largest absolute Gasteiger partial charge is 0.493 e. The lowest BCUT2D eigenvalue weighted by Gasteiger charge is -2.40. The van der Waals surface area contributed by atoms with Gasteiger partial charge in [-0.1, -0.05) is 42.5 Å². The maximum atomic E-state index is 13.1. The summed E-state index contributed by atoms with van der Waals surface area (Å²) in [6.07, 6.45) is 1.68. The van der Waals surface area contributed by atoms with Gasteiger partial charge in [-0.05, 0) is 60.9 Å². The van der Waals surface area contributed by atoms with E-state index in [0.29, 0.717) is 50.3 Å². The van der Waals surface area contributed by atoms with Crippen LogP contribution in [0.25, 0.3) is 10.4 Å². The molecule has 1 fully saturated rings. The quantitative estimate of drug-likeness (QED) is 0.566. The topological polar surface area (TPSA) is 72.6 Å². The van der Waals surface area contributed by atoms with Gasteiger partial charge >= 0.3 is 0 Å². The number of rotatable bonds is 7. The van der Waals surface area contributed by atoms with Crippen LogP contribution in [0.4, 0.5) is 0 Å². The Hall–Kier alpha value is -3.12. The van der Waals surface area contributed by atoms with Crippen molar-refractivity contribution < 1.29 is 14.3 Å². The van der Waals surface area contributed by atoms with Gasteiger partial charge in [-0.3, -0.25) is 9.59 Å². The Morgan fingerprint density at radius 2 is 1.84 bits per heavy atom. The van der Waals surface area contributed by atoms with Crippen molar-refractivity contribution in [2.45, 2.75) is 26.2 Å². The zero-order valence-electron chi connectivity index (χ0n) is 18.3. The van der Waals surface area contributed by atoms with E-state index in [1.54, 1.807) is 22.3 Å². The zero-order valence-corrected chi connectivity index (χ0v) is 19.1. The molecule has 0 atom stereocenters. The molecule has 1 aromatic heterocycles. The second-order valence-electron chi connectivity index (χ2n) is 8.22. The summed E-state index contributed by atoms with van der Waals surface area (Å²) in [6, 6.07) is 19.8. The molecule has 0 radical (unpaired) electrons. The summed E-state index contributed by atoms with van der Waals surface area (Å²) in [4.78, 5) is 28.7. The number of para-hydroxylation sites is 1. The first kappa shape index (κ1) is 22.1. The first-order valence-corrected chi connectivity index (χ1v) is 11.8. The minimum absolute atomic E-state index is 0.0631. The lowest BCUT2D eigenvalue weighted by molar-refractivity contribution is -0.130. The van der Waals surface area contributed by atoms with Gasteiger partial charge < -0.3 is 15.4 Å². The van der Waals surface area contributed by atoms with E-state index in [9.17, 15) is 9.59 Å². The van der Waals surface area contributed by atoms with E-state index in [4.69, 9.17) is 10.5 Å². The molecule has 2 N–H and O–H groups in total. The number of likely N-dealkylation sites (tertiary alicyclic amines) is 1. The third kappa shape index (κ3) is 4.55. The Bertz CT molecular complexity index is 1090. The fraction of sp³-hybridized carbons (Fsp3) is 0.308. The Kier molecular flexibility index (Phi) is 6.61. The molecule has 166 valence electrons. The fourth-order valence-corrected chi connectivity index (χ4v) is 5.14. The van der Waals surface area contributed by atoms with Gasteiger partial charge in [0.05, 0.1) is 17.6 Å². The van der Waals surface area contributed by atoms with Crippen molar-refractivity contribution in [1.82, 2.24) is 4.90 Å². The SMILES string of the molecule is CCOc1ccccc1C(=O)N1CCC(Cc2cccc(-c3cccs3)c2)(C(N)=O)CC1. The summed E-state index contributed by atoms with van der Waals surface area (Å²) in [7, 11) is 0. The van der Waals surface area contributed by atoms with Crippen LogP contribution in [0.5, 0.6) is 5.75 Å². The van der Waals surface area contributed by atoms with Crippen molar-refractivity contribution in [3.05, 3.63) is 77.2 Å². The fourth-order valence-electron chi connectivity index (χ4n) is 4.41. The van der Waals surface area contributed by atoms with Gasteiger partial charge in [-0.2, -0.15) is 0 Å². The summed E-state index contributed by atoms with van der Waals surface area (Å²) < 4.78 is 5.63. The predicted molar refractivity (Wildman–Crippen MR) is 128 cm³/mol. The lowest BCUT2D eigenvalue weighted by atomic mass is 9.73. The number of thiophene rings is 1. The van der Waals surface area contributed by atoms with E-state index in [-0.39, 0.29) is 11.8 Å². The van der Waals surface area contributed by atoms with Crippen molar-refractivity contribution in [3.63, 3.8) is 0 Å². The van der Waals surface area contributed by atoms with E-state index >= 15 is 0 Å². The van der Waals surface area contributed by atoms with Gasteiger partial charge in [0.25, 0.3) is 5.91 Å². The highest BCUT2D eigenvalue weighted by atomic mass is 32.1. The van der Waals surface area contributed by atoms with E-state index < -0.39 is 5.41 Å². The third-order valence-electron chi connectivity index (χ3n) is 6.22. The van der Waals surface area contributed by atoms with Crippen LogP contribution in [0, 0.1) is 5.41 Å². The summed E-state index contributed by atoms with van der Waals surface area (Å²) in [6.45, 7) is 3.39. The zero-order chi connectivity index (χ0) is 22.6. The van der Waals surface area contributed by atoms with E-state index in [1.165, 1.54) is 4.88 Å². The lowest BCUT2D eigenvalue weighted by Crippen LogP contribution is -2.50. The molecule has 2 amide bonds. The number of piperidine rings is 1. The van der Waals surface area contributed by atoms with Crippen LogP contribution in [0.2, 0.25) is 0 Å². The van der Waals surface area contributed by atoms with Crippen LogP contribution in [-0.2, 0) is 11.2 Å². The maximum absolute atomic E-state index is 13.1. The normalized spacial score (nSPS) is 15.3. The van der Waals surface area contributed by atoms with Crippen molar-refractivity contribution in [3.8, 4) is 16.2 Å². The molecule has 0 unspecified atom stereocenters. The summed E-state index contributed by atoms with van der Waals surface area (Å²) in [5.74, 6) is 0.241. The second-order valence-corrected chi connectivity index (χ2v) is 9.17. The number of hydrogen-bond acceptors (Lipinski definition) is 4. The minimum Gasteiger partial charge on any atom is -0.493 e. The van der Waals surface area contributed by atoms with Crippen LogP contribution >= 0.6 is 11.3 Å². The van der Waals surface area contributed by atoms with Crippen LogP contribution < -0.4 is 10.5 Å². The van der Waals surface area contributed by atoms with Crippen molar-refractivity contribution in [1.29, 1.82) is 0 Å². The number of carbonyl (C=O) groups is 2. The predicted octanol–water partition coefficient (Wildman–Crippen LogP) is 4.76. The number of hydrogen-bond donors (Lipinski definition) is 1. The number of nitrogens with two attached hydrogens (primary N) is 1. The van der Waals surface area contributed by atoms with Gasteiger partial charge in [0.2, 0.25) is 5.91 Å². The molecule has 4 rings (SSSR count). The van der Waals surface area contributed by atoms with Crippen molar-refractivity contribution in [2.75, 3.05) is 19.7 Å². The van der Waals surface area contributed by atoms with Gasteiger partial charge in [0, 0.05) is 18.0 Å². The second kappa shape index (κ2) is 9.57. The molecule has 6 heteroatoms. The highest BCUT2D eigenvalue weighted by molar-refractivity contribution is 7.13. The third-order valence-corrected chi connectivity index (χ3v) is 7.14. The van der Waals surface area contributed by atoms with Gasteiger partial charge in [-0.25, -0.2) is 0 Å². The molecule has 0 spiro atoms. The van der Waals surface area contributed by atoms with Crippen LogP contribution in [0.3, 0.4) is 0 Å². The molecule has 32 heavy (non-hydrogen) atoms. The highest BCUT2D eigenvalue weighted by Crippen LogP contribution is 2.37. The van der Waals surface area contributed by atoms with E-state index in [2.05, 4.69) is 29.6 Å². The highest BCUT2D eigenvalue weighted by Gasteiger charge is 2.41. The molecular formula is C26H28N2O3S. The molecule has 5 nitrogen and oxygen atoms in total. The monoisotopic (exact) mass is 448 g/mol. The standard InChI is InChI=1S/C26H28N2O3S/c1-2-31-22-10-4-3-9-21(22)24(29)28-14-12-26(13-15-28,25(27)30)18-19-7-5-8-20(17-19)23-11-6-16-32-23/h3-11,16-17H,2,12-15,18H2,1H3,(H2,27,30). The first-order chi connectivity index (χ1) is 15.5. The summed E-state index contributed by atoms with van der Waals surface area (Å²) >= 11 is 1.70. The molecule has 2 heterocycles. The number of benzene rings is 2. The molecule has 0 bridgehead atoms.